The molecule has 0 bridgehead atoms. The minimum absolute atomic E-state index is 0.0248. The van der Waals surface area contributed by atoms with Crippen LogP contribution in [-0.4, -0.2) is 25.0 Å². The Bertz CT molecular complexity index is 1390. The average Bonchev–Trinajstić information content (AvgIpc) is 3.33. The van der Waals surface area contributed by atoms with Crippen molar-refractivity contribution in [3.05, 3.63) is 82.1 Å². The van der Waals surface area contributed by atoms with Gasteiger partial charge in [-0.1, -0.05) is 0 Å². The molecule has 1 aliphatic rings. The van der Waals surface area contributed by atoms with Crippen LogP contribution in [0.4, 0.5) is 11.4 Å². The fourth-order valence-corrected chi connectivity index (χ4v) is 3.63. The van der Waals surface area contributed by atoms with E-state index in [9.17, 15) is 23.3 Å². The predicted molar refractivity (Wildman–Crippen MR) is 117 cm³/mol. The molecule has 2 N–H and O–H groups in total. The molecule has 0 atom stereocenters. The maximum Gasteiger partial charge on any atom is 0.280 e. The molecule has 0 aliphatic carbocycles. The molecule has 3 aromatic rings. The lowest BCUT2D eigenvalue weighted by Crippen LogP contribution is -2.21. The highest BCUT2D eigenvalue weighted by atomic mass is 32.2. The molecule has 32 heavy (non-hydrogen) atoms. The Hall–Kier alpha value is -4.09. The van der Waals surface area contributed by atoms with Crippen molar-refractivity contribution >= 4 is 39.1 Å². The third-order valence-corrected chi connectivity index (χ3v) is 5.68. The van der Waals surface area contributed by atoms with Crippen LogP contribution in [-0.2, 0) is 14.8 Å². The lowest BCUT2D eigenvalue weighted by Gasteiger charge is -2.11. The van der Waals surface area contributed by atoms with Crippen LogP contribution in [0, 0.1) is 10.1 Å². The van der Waals surface area contributed by atoms with Crippen molar-refractivity contribution in [1.82, 2.24) is 0 Å². The number of nitrogens with two attached hydrogens (primary N) is 1. The summed E-state index contributed by atoms with van der Waals surface area (Å²) < 4.78 is 28.6. The van der Waals surface area contributed by atoms with Crippen LogP contribution >= 0.6 is 0 Å². The van der Waals surface area contributed by atoms with Crippen LogP contribution in [0.15, 0.2) is 80.7 Å². The van der Waals surface area contributed by atoms with Gasteiger partial charge < -0.3 is 4.42 Å². The first-order valence-corrected chi connectivity index (χ1v) is 10.8. The molecule has 1 amide bonds. The van der Waals surface area contributed by atoms with Gasteiger partial charge in [0.2, 0.25) is 10.0 Å². The lowest BCUT2D eigenvalue weighted by molar-refractivity contribution is -0.384. The number of hydrogen-bond acceptors (Lipinski definition) is 7. The van der Waals surface area contributed by atoms with Crippen LogP contribution in [0.2, 0.25) is 0 Å². The number of hydrogen-bond donors (Lipinski definition) is 1. The number of furan rings is 1. The van der Waals surface area contributed by atoms with Crippen LogP contribution in [0.1, 0.15) is 12.7 Å². The van der Waals surface area contributed by atoms with Crippen LogP contribution in [0.25, 0.3) is 17.4 Å². The van der Waals surface area contributed by atoms with Gasteiger partial charge in [-0.25, -0.2) is 13.6 Å². The highest BCUT2D eigenvalue weighted by molar-refractivity contribution is 7.89. The molecule has 0 saturated carbocycles. The molecule has 2 aromatic carbocycles. The Balaban J connectivity index is 1.57. The summed E-state index contributed by atoms with van der Waals surface area (Å²) in [5, 5.41) is 21.3. The van der Waals surface area contributed by atoms with Crippen molar-refractivity contribution in [1.29, 1.82) is 0 Å². The number of rotatable bonds is 5. The first-order chi connectivity index (χ1) is 15.1. The standard InChI is InChI=1S/C21H16N4O6S/c1-13-19(21(26)24(23-13)15-6-9-18(10-7-15)32(22,29)30)12-17-8-11-20(31-17)14-2-4-16(5-3-14)25(27)28/h2-12H,1H3,(H2,22,29,30)/b19-12-. The van der Waals surface area contributed by atoms with E-state index in [0.717, 1.165) is 5.01 Å². The normalized spacial score (nSPS) is 15.3. The molecule has 0 radical (unpaired) electrons. The second-order valence-corrected chi connectivity index (χ2v) is 8.47. The molecule has 1 aromatic heterocycles. The highest BCUT2D eigenvalue weighted by Crippen LogP contribution is 2.28. The summed E-state index contributed by atoms with van der Waals surface area (Å²) in [7, 11) is -3.84. The molecule has 2 heterocycles. The minimum atomic E-state index is -3.84. The zero-order valence-corrected chi connectivity index (χ0v) is 17.4. The van der Waals surface area contributed by atoms with E-state index in [1.54, 1.807) is 37.3 Å². The molecule has 0 fully saturated rings. The minimum Gasteiger partial charge on any atom is -0.457 e. The Morgan fingerprint density at radius 2 is 1.72 bits per heavy atom. The number of carbonyl (C=O) groups is 1. The summed E-state index contributed by atoms with van der Waals surface area (Å²) in [5.74, 6) is 0.490. The molecule has 0 spiro atoms. The number of nitrogens with zero attached hydrogens (tertiary/aromatic N) is 3. The third-order valence-electron chi connectivity index (χ3n) is 4.75. The van der Waals surface area contributed by atoms with Gasteiger partial charge in [-0.05, 0) is 61.5 Å². The van der Waals surface area contributed by atoms with Gasteiger partial charge in [-0.3, -0.25) is 14.9 Å². The third kappa shape index (κ3) is 4.06. The molecule has 10 nitrogen and oxygen atoms in total. The zero-order valence-electron chi connectivity index (χ0n) is 16.6. The van der Waals surface area contributed by atoms with E-state index in [0.29, 0.717) is 34.1 Å². The molecule has 1 aliphatic heterocycles. The molecule has 4 rings (SSSR count). The molecular weight excluding hydrogens is 436 g/mol. The average molecular weight is 452 g/mol. The summed E-state index contributed by atoms with van der Waals surface area (Å²) in [4.78, 5) is 23.1. The molecule has 0 unspecified atom stereocenters. The van der Waals surface area contributed by atoms with E-state index in [1.807, 2.05) is 0 Å². The van der Waals surface area contributed by atoms with Gasteiger partial charge in [-0.15, -0.1) is 0 Å². The van der Waals surface area contributed by atoms with E-state index in [-0.39, 0.29) is 10.6 Å². The number of amides is 1. The van der Waals surface area contributed by atoms with Gasteiger partial charge in [0.1, 0.15) is 11.5 Å². The van der Waals surface area contributed by atoms with E-state index in [4.69, 9.17) is 9.56 Å². The smallest absolute Gasteiger partial charge is 0.280 e. The Morgan fingerprint density at radius 3 is 2.31 bits per heavy atom. The number of hydrazone groups is 1. The molecule has 11 heteroatoms. The number of benzene rings is 2. The Kier molecular flexibility index (Phi) is 5.20. The summed E-state index contributed by atoms with van der Waals surface area (Å²) in [6.07, 6.45) is 1.55. The van der Waals surface area contributed by atoms with Gasteiger partial charge in [-0.2, -0.15) is 10.1 Å². The second-order valence-electron chi connectivity index (χ2n) is 6.91. The largest absolute Gasteiger partial charge is 0.457 e. The summed E-state index contributed by atoms with van der Waals surface area (Å²) in [6, 6.07) is 14.8. The monoisotopic (exact) mass is 452 g/mol. The molecular formula is C21H16N4O6S. The van der Waals surface area contributed by atoms with Crippen molar-refractivity contribution in [3.8, 4) is 11.3 Å². The van der Waals surface area contributed by atoms with Gasteiger partial charge in [0.15, 0.2) is 0 Å². The molecule has 0 saturated heterocycles. The Labute approximate surface area is 182 Å². The van der Waals surface area contributed by atoms with E-state index in [1.165, 1.54) is 36.4 Å². The Morgan fingerprint density at radius 1 is 1.06 bits per heavy atom. The van der Waals surface area contributed by atoms with Crippen molar-refractivity contribution < 1.29 is 22.6 Å². The quantitative estimate of drug-likeness (QED) is 0.356. The number of anilines is 1. The number of nitro groups is 1. The van der Waals surface area contributed by atoms with Crippen LogP contribution in [0.3, 0.4) is 0 Å². The van der Waals surface area contributed by atoms with Gasteiger partial charge >= 0.3 is 0 Å². The first-order valence-electron chi connectivity index (χ1n) is 9.23. The van der Waals surface area contributed by atoms with Gasteiger partial charge in [0.25, 0.3) is 11.6 Å². The zero-order chi connectivity index (χ0) is 23.0. The summed E-state index contributed by atoms with van der Waals surface area (Å²) >= 11 is 0. The van der Waals surface area contributed by atoms with Crippen LogP contribution < -0.4 is 10.1 Å². The van der Waals surface area contributed by atoms with Crippen LogP contribution in [0.5, 0.6) is 0 Å². The van der Waals surface area contributed by atoms with Gasteiger partial charge in [0, 0.05) is 17.7 Å². The fourth-order valence-electron chi connectivity index (χ4n) is 3.11. The maximum atomic E-state index is 12.9. The highest BCUT2D eigenvalue weighted by Gasteiger charge is 2.29. The number of nitro benzene ring substituents is 1. The number of primary sulfonamides is 1. The lowest BCUT2D eigenvalue weighted by atomic mass is 10.1. The number of carbonyl (C=O) groups excluding carboxylic acids is 1. The predicted octanol–water partition coefficient (Wildman–Crippen LogP) is 3.31. The second kappa shape index (κ2) is 7.87. The van der Waals surface area contributed by atoms with Crippen molar-refractivity contribution in [3.63, 3.8) is 0 Å². The van der Waals surface area contributed by atoms with Crippen molar-refractivity contribution in [2.24, 2.45) is 10.2 Å². The number of non-ortho nitro benzene ring substituents is 1. The van der Waals surface area contributed by atoms with Gasteiger partial charge in [0.05, 0.1) is 26.8 Å². The summed E-state index contributed by atoms with van der Waals surface area (Å²) in [5.41, 5.74) is 1.78. The van der Waals surface area contributed by atoms with Crippen molar-refractivity contribution in [2.75, 3.05) is 5.01 Å². The van der Waals surface area contributed by atoms with Crippen molar-refractivity contribution in [2.45, 2.75) is 11.8 Å². The topological polar surface area (TPSA) is 149 Å². The fraction of sp³-hybridized carbons (Fsp3) is 0.0476. The SMILES string of the molecule is CC1=NN(c2ccc(S(N)(=O)=O)cc2)C(=O)/C1=C\c1ccc(-c2ccc([N+](=O)[O-])cc2)o1. The summed E-state index contributed by atoms with van der Waals surface area (Å²) in [6.45, 7) is 1.67. The molecule has 162 valence electrons. The van der Waals surface area contributed by atoms with E-state index in [2.05, 4.69) is 5.10 Å². The number of sulfonamides is 1. The van der Waals surface area contributed by atoms with E-state index < -0.39 is 20.9 Å². The first kappa shape index (κ1) is 21.2. The van der Waals surface area contributed by atoms with E-state index >= 15 is 0 Å². The maximum absolute atomic E-state index is 12.9.